The number of hydrogen-bond donors (Lipinski definition) is 2. The number of phosphoric acid groups is 1. The molecule has 262 valence electrons. The van der Waals surface area contributed by atoms with Gasteiger partial charge in [0.2, 0.25) is 5.91 Å². The first-order chi connectivity index (χ1) is 21.0. The Hall–Kier alpha value is -0.760. The van der Waals surface area contributed by atoms with Crippen LogP contribution in [-0.4, -0.2) is 68.5 Å². The van der Waals surface area contributed by atoms with Crippen LogP contribution < -0.4 is 10.2 Å². The average Bonchev–Trinajstić information content (AvgIpc) is 2.95. The Morgan fingerprint density at radius 3 is 1.70 bits per heavy atom. The Labute approximate surface area is 272 Å². The number of phosphoric ester groups is 1. The van der Waals surface area contributed by atoms with Gasteiger partial charge >= 0.3 is 0 Å². The second-order valence-electron chi connectivity index (χ2n) is 13.6. The van der Waals surface area contributed by atoms with Crippen LogP contribution in [0.25, 0.3) is 0 Å². The number of nitrogens with zero attached hydrogens (tertiary/aromatic N) is 1. The summed E-state index contributed by atoms with van der Waals surface area (Å²) in [4.78, 5) is 25.0. The quantitative estimate of drug-likeness (QED) is 0.0330. The maximum Gasteiger partial charge on any atom is 0.268 e. The molecular formula is C35H71N2O6P. The van der Waals surface area contributed by atoms with Crippen LogP contribution in [0.15, 0.2) is 12.2 Å². The fraction of sp³-hybridized carbons (Fsp3) is 0.914. The summed E-state index contributed by atoms with van der Waals surface area (Å²) in [6.07, 6.45) is 28.2. The molecule has 0 bridgehead atoms. The zero-order valence-electron chi connectivity index (χ0n) is 29.4. The van der Waals surface area contributed by atoms with Crippen molar-refractivity contribution in [1.29, 1.82) is 0 Å². The molecule has 0 aromatic rings. The number of rotatable bonds is 32. The number of nitrogens with one attached hydrogen (secondary N) is 1. The highest BCUT2D eigenvalue weighted by Gasteiger charge is 2.23. The number of aliphatic hydroxyl groups is 1. The molecule has 9 heteroatoms. The summed E-state index contributed by atoms with van der Waals surface area (Å²) in [5.74, 6) is -0.201. The fourth-order valence-corrected chi connectivity index (χ4v) is 5.76. The summed E-state index contributed by atoms with van der Waals surface area (Å²) in [5, 5.41) is 13.6. The van der Waals surface area contributed by atoms with Crippen molar-refractivity contribution in [3.05, 3.63) is 12.2 Å². The molecule has 0 aromatic heterocycles. The van der Waals surface area contributed by atoms with E-state index in [-0.39, 0.29) is 19.1 Å². The molecule has 0 aromatic carbocycles. The van der Waals surface area contributed by atoms with Gasteiger partial charge in [-0.3, -0.25) is 9.36 Å². The van der Waals surface area contributed by atoms with Crippen LogP contribution >= 0.6 is 7.82 Å². The standard InChI is InChI=1S/C35H71N2O6P/c1-6-8-10-12-14-16-18-19-21-23-25-27-29-35(39)36-33(32-43-44(40,41)42-31-30-37(3,4)5)34(38)28-26-24-22-20-17-15-13-11-9-7-2/h26,28,33-34,38H,6-25,27,29-32H2,1-5H3,(H-,36,39,40,41)/b28-26+. The van der Waals surface area contributed by atoms with Crippen LogP contribution in [0.2, 0.25) is 0 Å². The van der Waals surface area contributed by atoms with Gasteiger partial charge in [-0.15, -0.1) is 0 Å². The van der Waals surface area contributed by atoms with Gasteiger partial charge in [-0.05, 0) is 19.3 Å². The molecular weight excluding hydrogens is 575 g/mol. The number of unbranched alkanes of at least 4 members (excludes halogenated alkanes) is 19. The zero-order valence-corrected chi connectivity index (χ0v) is 30.3. The van der Waals surface area contributed by atoms with E-state index in [9.17, 15) is 19.4 Å². The summed E-state index contributed by atoms with van der Waals surface area (Å²) >= 11 is 0. The highest BCUT2D eigenvalue weighted by atomic mass is 31.2. The van der Waals surface area contributed by atoms with Crippen molar-refractivity contribution < 1.29 is 32.9 Å². The second kappa shape index (κ2) is 28.5. The molecule has 0 aliphatic heterocycles. The lowest BCUT2D eigenvalue weighted by molar-refractivity contribution is -0.870. The van der Waals surface area contributed by atoms with Gasteiger partial charge in [0.1, 0.15) is 13.2 Å². The maximum atomic E-state index is 12.7. The minimum Gasteiger partial charge on any atom is -0.756 e. The van der Waals surface area contributed by atoms with E-state index in [4.69, 9.17) is 9.05 Å². The zero-order chi connectivity index (χ0) is 32.9. The van der Waals surface area contributed by atoms with Crippen LogP contribution in [0.1, 0.15) is 155 Å². The molecule has 8 nitrogen and oxygen atoms in total. The summed E-state index contributed by atoms with van der Waals surface area (Å²) < 4.78 is 23.0. The summed E-state index contributed by atoms with van der Waals surface area (Å²) in [6.45, 7) is 4.60. The molecule has 44 heavy (non-hydrogen) atoms. The van der Waals surface area contributed by atoms with E-state index in [0.717, 1.165) is 38.5 Å². The largest absolute Gasteiger partial charge is 0.756 e. The van der Waals surface area contributed by atoms with Crippen LogP contribution in [-0.2, 0) is 18.4 Å². The summed E-state index contributed by atoms with van der Waals surface area (Å²) in [7, 11) is 1.26. The molecule has 0 saturated carbocycles. The third-order valence-electron chi connectivity index (χ3n) is 8.00. The Bertz CT molecular complexity index is 743. The molecule has 0 spiro atoms. The Morgan fingerprint density at radius 2 is 1.23 bits per heavy atom. The molecule has 3 atom stereocenters. The number of quaternary nitrogens is 1. The van der Waals surface area contributed by atoms with Crippen LogP contribution in [0.4, 0.5) is 0 Å². The fourth-order valence-electron chi connectivity index (χ4n) is 5.03. The predicted octanol–water partition coefficient (Wildman–Crippen LogP) is 8.22. The molecule has 0 radical (unpaired) electrons. The van der Waals surface area contributed by atoms with Crippen molar-refractivity contribution in [1.82, 2.24) is 5.32 Å². The molecule has 3 unspecified atom stereocenters. The van der Waals surface area contributed by atoms with Crippen LogP contribution in [0.3, 0.4) is 0 Å². The monoisotopic (exact) mass is 647 g/mol. The maximum absolute atomic E-state index is 12.7. The normalized spacial score (nSPS) is 15.0. The van der Waals surface area contributed by atoms with E-state index in [1.54, 1.807) is 6.08 Å². The second-order valence-corrected chi connectivity index (χ2v) is 15.0. The van der Waals surface area contributed by atoms with Crippen molar-refractivity contribution in [2.45, 2.75) is 167 Å². The molecule has 0 rings (SSSR count). The third kappa shape index (κ3) is 29.9. The van der Waals surface area contributed by atoms with Gasteiger partial charge in [0.25, 0.3) is 7.82 Å². The first-order valence-electron chi connectivity index (χ1n) is 18.1. The lowest BCUT2D eigenvalue weighted by atomic mass is 10.0. The van der Waals surface area contributed by atoms with Crippen LogP contribution in [0, 0.1) is 0 Å². The van der Waals surface area contributed by atoms with E-state index in [1.165, 1.54) is 96.3 Å². The molecule has 0 aliphatic carbocycles. The van der Waals surface area contributed by atoms with Gasteiger partial charge in [0.05, 0.1) is 39.9 Å². The predicted molar refractivity (Wildman–Crippen MR) is 182 cm³/mol. The van der Waals surface area contributed by atoms with Gasteiger partial charge in [0, 0.05) is 6.42 Å². The minimum atomic E-state index is -4.57. The Kier molecular flexibility index (Phi) is 28.0. The molecule has 0 heterocycles. The van der Waals surface area contributed by atoms with Gasteiger partial charge in [-0.2, -0.15) is 0 Å². The number of aliphatic hydroxyl groups excluding tert-OH is 1. The summed E-state index contributed by atoms with van der Waals surface area (Å²) in [5.41, 5.74) is 0. The lowest BCUT2D eigenvalue weighted by Crippen LogP contribution is -2.45. The van der Waals surface area contributed by atoms with E-state index in [0.29, 0.717) is 17.4 Å². The van der Waals surface area contributed by atoms with Gasteiger partial charge in [-0.1, -0.05) is 142 Å². The first-order valence-corrected chi connectivity index (χ1v) is 19.5. The van der Waals surface area contributed by atoms with Crippen molar-refractivity contribution in [3.63, 3.8) is 0 Å². The first kappa shape index (κ1) is 43.2. The smallest absolute Gasteiger partial charge is 0.268 e. The molecule has 2 N–H and O–H groups in total. The number of carbonyl (C=O) groups excluding carboxylic acids is 1. The number of likely N-dealkylation sites (N-methyl/N-ethyl adjacent to an activating group) is 1. The molecule has 0 saturated heterocycles. The van der Waals surface area contributed by atoms with E-state index in [1.807, 2.05) is 27.2 Å². The van der Waals surface area contributed by atoms with Crippen LogP contribution in [0.5, 0.6) is 0 Å². The number of hydrogen-bond acceptors (Lipinski definition) is 6. The van der Waals surface area contributed by atoms with Gasteiger partial charge in [0.15, 0.2) is 0 Å². The highest BCUT2D eigenvalue weighted by molar-refractivity contribution is 7.45. The van der Waals surface area contributed by atoms with Crippen molar-refractivity contribution in [2.24, 2.45) is 0 Å². The van der Waals surface area contributed by atoms with E-state index >= 15 is 0 Å². The third-order valence-corrected chi connectivity index (χ3v) is 8.96. The molecule has 0 aliphatic rings. The Morgan fingerprint density at radius 1 is 0.773 bits per heavy atom. The number of allylic oxidation sites excluding steroid dienone is 1. The van der Waals surface area contributed by atoms with Gasteiger partial charge in [-0.25, -0.2) is 0 Å². The van der Waals surface area contributed by atoms with E-state index < -0.39 is 20.0 Å². The topological polar surface area (TPSA) is 108 Å². The number of carbonyl (C=O) groups is 1. The molecule has 1 amide bonds. The van der Waals surface area contributed by atoms with E-state index in [2.05, 4.69) is 19.2 Å². The van der Waals surface area contributed by atoms with Gasteiger partial charge < -0.3 is 28.8 Å². The minimum absolute atomic E-state index is 0.00131. The Balaban J connectivity index is 4.56. The van der Waals surface area contributed by atoms with Crippen molar-refractivity contribution in [3.8, 4) is 0 Å². The lowest BCUT2D eigenvalue weighted by Gasteiger charge is -2.29. The summed E-state index contributed by atoms with van der Waals surface area (Å²) in [6, 6.07) is -0.876. The average molecular weight is 647 g/mol. The number of amides is 1. The highest BCUT2D eigenvalue weighted by Crippen LogP contribution is 2.38. The molecule has 0 fully saturated rings. The van der Waals surface area contributed by atoms with Crippen molar-refractivity contribution in [2.75, 3.05) is 40.9 Å². The van der Waals surface area contributed by atoms with Crippen molar-refractivity contribution >= 4 is 13.7 Å². The SMILES string of the molecule is CCCCCCCCCC/C=C/C(O)C(COP(=O)([O-])OCC[N+](C)(C)C)NC(=O)CCCCCCCCCCCCCC.